The Morgan fingerprint density at radius 2 is 2.05 bits per heavy atom. The maximum Gasteiger partial charge on any atom is 0.312 e. The van der Waals surface area contributed by atoms with Gasteiger partial charge in [-0.05, 0) is 30.4 Å². The van der Waals surface area contributed by atoms with Crippen molar-refractivity contribution in [2.75, 3.05) is 18.0 Å². The number of nitrogens with two attached hydrogens (primary N) is 1. The number of benzene rings is 1. The molecule has 0 saturated carbocycles. The predicted octanol–water partition coefficient (Wildman–Crippen LogP) is 2.61. The Kier molecular flexibility index (Phi) is 5.41. The molecular formula is C17H25N3O2. The summed E-state index contributed by atoms with van der Waals surface area (Å²) in [5.41, 5.74) is 7.34. The predicted molar refractivity (Wildman–Crippen MR) is 87.8 cm³/mol. The molecule has 0 bridgehead atoms. The number of primary amides is 1. The van der Waals surface area contributed by atoms with Gasteiger partial charge in [0, 0.05) is 31.1 Å². The molecular weight excluding hydrogens is 278 g/mol. The van der Waals surface area contributed by atoms with E-state index < -0.39 is 6.03 Å². The molecule has 2 rings (SSSR count). The van der Waals surface area contributed by atoms with Gasteiger partial charge in [-0.15, -0.1) is 0 Å². The number of carbonyl (C=O) groups excluding carboxylic acids is 2. The second-order valence-electron chi connectivity index (χ2n) is 6.16. The van der Waals surface area contributed by atoms with Gasteiger partial charge in [0.25, 0.3) is 0 Å². The first-order chi connectivity index (χ1) is 10.5. The van der Waals surface area contributed by atoms with Crippen LogP contribution in [0.3, 0.4) is 0 Å². The quantitative estimate of drug-likeness (QED) is 0.793. The second-order valence-corrected chi connectivity index (χ2v) is 6.16. The normalized spacial score (nSPS) is 16.7. The van der Waals surface area contributed by atoms with Crippen molar-refractivity contribution in [3.05, 3.63) is 29.8 Å². The zero-order chi connectivity index (χ0) is 16.1. The van der Waals surface area contributed by atoms with E-state index in [4.69, 9.17) is 5.73 Å². The number of rotatable bonds is 6. The Bertz CT molecular complexity index is 542. The minimum absolute atomic E-state index is 0.162. The van der Waals surface area contributed by atoms with Crippen molar-refractivity contribution in [3.63, 3.8) is 0 Å². The molecule has 0 fully saturated rings. The molecule has 1 heterocycles. The third-order valence-corrected chi connectivity index (χ3v) is 4.23. The first kappa shape index (κ1) is 16.3. The van der Waals surface area contributed by atoms with Gasteiger partial charge in [0.1, 0.15) is 0 Å². The van der Waals surface area contributed by atoms with Crippen LogP contribution in [0.2, 0.25) is 0 Å². The first-order valence-electron chi connectivity index (χ1n) is 7.93. The van der Waals surface area contributed by atoms with Gasteiger partial charge in [-0.1, -0.05) is 32.0 Å². The van der Waals surface area contributed by atoms with Crippen molar-refractivity contribution in [1.82, 2.24) is 5.32 Å². The molecule has 1 aliphatic heterocycles. The molecule has 1 atom stereocenters. The minimum Gasteiger partial charge on any atom is -0.352 e. The molecule has 1 aliphatic rings. The van der Waals surface area contributed by atoms with Crippen LogP contribution >= 0.6 is 0 Å². The molecule has 22 heavy (non-hydrogen) atoms. The van der Waals surface area contributed by atoms with Crippen molar-refractivity contribution >= 4 is 17.6 Å². The number of para-hydroxylation sites is 1. The molecule has 5 heteroatoms. The van der Waals surface area contributed by atoms with Crippen molar-refractivity contribution in [3.8, 4) is 0 Å². The summed E-state index contributed by atoms with van der Waals surface area (Å²) in [6.07, 6.45) is 2.02. The van der Waals surface area contributed by atoms with Gasteiger partial charge in [0.15, 0.2) is 0 Å². The zero-order valence-electron chi connectivity index (χ0n) is 13.3. The van der Waals surface area contributed by atoms with Crippen molar-refractivity contribution in [2.24, 2.45) is 11.7 Å². The monoisotopic (exact) mass is 303 g/mol. The van der Waals surface area contributed by atoms with Gasteiger partial charge in [-0.2, -0.15) is 0 Å². The van der Waals surface area contributed by atoms with Crippen LogP contribution in [0.5, 0.6) is 0 Å². The molecule has 1 aromatic carbocycles. The molecule has 0 unspecified atom stereocenters. The molecule has 0 radical (unpaired) electrons. The lowest BCUT2D eigenvalue weighted by Gasteiger charge is -2.19. The van der Waals surface area contributed by atoms with Crippen LogP contribution in [0.25, 0.3) is 0 Å². The van der Waals surface area contributed by atoms with E-state index in [0.717, 1.165) is 25.1 Å². The second kappa shape index (κ2) is 7.29. The summed E-state index contributed by atoms with van der Waals surface area (Å²) in [7, 11) is 0. The lowest BCUT2D eigenvalue weighted by atomic mass is 9.90. The van der Waals surface area contributed by atoms with E-state index in [0.29, 0.717) is 24.8 Å². The fourth-order valence-electron chi connectivity index (χ4n) is 2.99. The van der Waals surface area contributed by atoms with Crippen LogP contribution in [-0.2, 0) is 4.79 Å². The van der Waals surface area contributed by atoms with Crippen LogP contribution in [-0.4, -0.2) is 25.0 Å². The highest BCUT2D eigenvalue weighted by molar-refractivity contribution is 5.95. The number of fused-ring (bicyclic) bond motifs is 1. The molecule has 3 amide bonds. The summed E-state index contributed by atoms with van der Waals surface area (Å²) >= 11 is 0. The molecule has 0 saturated heterocycles. The molecule has 120 valence electrons. The van der Waals surface area contributed by atoms with E-state index in [1.807, 2.05) is 23.1 Å². The SMILES string of the molecule is CC(C)[C@H]1CN(C(=O)CCCCNC(N)=O)c2ccccc21. The standard InChI is InChI=1S/C17H25N3O2/c1-12(2)14-11-20(15-8-4-3-7-13(14)15)16(21)9-5-6-10-19-17(18)22/h3-4,7-8,12,14H,5-6,9-11H2,1-2H3,(H3,18,19,22)/t14-/m1/s1. The van der Waals surface area contributed by atoms with Crippen LogP contribution in [0, 0.1) is 5.92 Å². The Hall–Kier alpha value is -2.04. The third-order valence-electron chi connectivity index (χ3n) is 4.23. The molecule has 0 spiro atoms. The maximum atomic E-state index is 12.5. The van der Waals surface area contributed by atoms with Gasteiger partial charge in [0.2, 0.25) is 5.91 Å². The number of nitrogens with one attached hydrogen (secondary N) is 1. The van der Waals surface area contributed by atoms with E-state index in [1.165, 1.54) is 5.56 Å². The van der Waals surface area contributed by atoms with Gasteiger partial charge >= 0.3 is 6.03 Å². The van der Waals surface area contributed by atoms with Gasteiger partial charge in [-0.25, -0.2) is 4.79 Å². The lowest BCUT2D eigenvalue weighted by molar-refractivity contribution is -0.118. The molecule has 5 nitrogen and oxygen atoms in total. The van der Waals surface area contributed by atoms with E-state index in [9.17, 15) is 9.59 Å². The smallest absolute Gasteiger partial charge is 0.312 e. The van der Waals surface area contributed by atoms with Gasteiger partial charge in [-0.3, -0.25) is 4.79 Å². The minimum atomic E-state index is -0.514. The number of urea groups is 1. The number of amides is 3. The Balaban J connectivity index is 1.92. The number of hydrogen-bond acceptors (Lipinski definition) is 2. The fourth-order valence-corrected chi connectivity index (χ4v) is 2.99. The number of carbonyl (C=O) groups is 2. The number of nitrogens with zero attached hydrogens (tertiary/aromatic N) is 1. The van der Waals surface area contributed by atoms with Crippen molar-refractivity contribution in [1.29, 1.82) is 0 Å². The Labute approximate surface area is 131 Å². The maximum absolute atomic E-state index is 12.5. The van der Waals surface area contributed by atoms with Crippen LogP contribution < -0.4 is 16.0 Å². The van der Waals surface area contributed by atoms with Crippen molar-refractivity contribution in [2.45, 2.75) is 39.0 Å². The average Bonchev–Trinajstić information content (AvgIpc) is 2.86. The average molecular weight is 303 g/mol. The summed E-state index contributed by atoms with van der Waals surface area (Å²) in [4.78, 5) is 25.0. The zero-order valence-corrected chi connectivity index (χ0v) is 13.3. The summed E-state index contributed by atoms with van der Waals surface area (Å²) in [6, 6.07) is 7.67. The first-order valence-corrected chi connectivity index (χ1v) is 7.93. The van der Waals surface area contributed by atoms with E-state index >= 15 is 0 Å². The Morgan fingerprint density at radius 3 is 2.73 bits per heavy atom. The van der Waals surface area contributed by atoms with Gasteiger partial charge < -0.3 is 16.0 Å². The molecule has 3 N–H and O–H groups in total. The molecule has 1 aromatic rings. The third kappa shape index (κ3) is 3.78. The summed E-state index contributed by atoms with van der Waals surface area (Å²) in [5.74, 6) is 1.09. The summed E-state index contributed by atoms with van der Waals surface area (Å²) < 4.78 is 0. The lowest BCUT2D eigenvalue weighted by Crippen LogP contribution is -2.31. The van der Waals surface area contributed by atoms with Crippen LogP contribution in [0.1, 0.15) is 44.6 Å². The summed E-state index contributed by atoms with van der Waals surface area (Å²) in [6.45, 7) is 5.69. The van der Waals surface area contributed by atoms with E-state index in [2.05, 4.69) is 25.2 Å². The molecule has 0 aromatic heterocycles. The highest BCUT2D eigenvalue weighted by atomic mass is 16.2. The number of anilines is 1. The van der Waals surface area contributed by atoms with Crippen molar-refractivity contribution < 1.29 is 9.59 Å². The summed E-state index contributed by atoms with van der Waals surface area (Å²) in [5, 5.41) is 2.54. The molecule has 0 aliphatic carbocycles. The topological polar surface area (TPSA) is 75.4 Å². The Morgan fingerprint density at radius 1 is 1.32 bits per heavy atom. The van der Waals surface area contributed by atoms with Gasteiger partial charge in [0.05, 0.1) is 0 Å². The highest BCUT2D eigenvalue weighted by Gasteiger charge is 2.33. The number of hydrogen-bond donors (Lipinski definition) is 2. The van der Waals surface area contributed by atoms with E-state index in [1.54, 1.807) is 0 Å². The van der Waals surface area contributed by atoms with Crippen LogP contribution in [0.4, 0.5) is 10.5 Å². The van der Waals surface area contributed by atoms with E-state index in [-0.39, 0.29) is 5.91 Å². The largest absolute Gasteiger partial charge is 0.352 e. The highest BCUT2D eigenvalue weighted by Crippen LogP contribution is 2.40. The number of unbranched alkanes of at least 4 members (excludes halogenated alkanes) is 1. The fraction of sp³-hybridized carbons (Fsp3) is 0.529. The van der Waals surface area contributed by atoms with Crippen LogP contribution in [0.15, 0.2) is 24.3 Å².